The van der Waals surface area contributed by atoms with Crippen LogP contribution in [0.25, 0.3) is 0 Å². The highest BCUT2D eigenvalue weighted by atomic mass is 16.4. The first-order chi connectivity index (χ1) is 7.18. The van der Waals surface area contributed by atoms with Gasteiger partial charge < -0.3 is 35.4 Å². The zero-order chi connectivity index (χ0) is 13.3. The summed E-state index contributed by atoms with van der Waals surface area (Å²) in [6.45, 7) is 0.940. The van der Waals surface area contributed by atoms with Gasteiger partial charge in [-0.25, -0.2) is 0 Å². The van der Waals surface area contributed by atoms with E-state index in [4.69, 9.17) is 5.73 Å². The lowest BCUT2D eigenvalue weighted by atomic mass is 10.2. The van der Waals surface area contributed by atoms with Gasteiger partial charge in [0, 0.05) is 18.9 Å². The summed E-state index contributed by atoms with van der Waals surface area (Å²) in [5.41, 5.74) is 4.91. The van der Waals surface area contributed by atoms with E-state index in [1.54, 1.807) is 0 Å². The molecule has 2 N–H and O–H groups in total. The minimum Gasteiger partial charge on any atom is -0.550 e. The second kappa shape index (κ2) is 8.36. The van der Waals surface area contributed by atoms with Crippen LogP contribution in [0.5, 0.6) is 0 Å². The number of ketones is 1. The van der Waals surface area contributed by atoms with Crippen LogP contribution in [0.3, 0.4) is 0 Å². The van der Waals surface area contributed by atoms with E-state index < -0.39 is 29.7 Å². The SMILES string of the molecule is CC(=O)C(=O)[O-].NC(CCC(=O)[O-])C(=O)[O-]. The van der Waals surface area contributed by atoms with E-state index in [9.17, 15) is 34.5 Å². The summed E-state index contributed by atoms with van der Waals surface area (Å²) in [7, 11) is 0. The monoisotopic (exact) mass is 232 g/mol. The molecule has 0 heterocycles. The summed E-state index contributed by atoms with van der Waals surface area (Å²) in [6, 6.07) is -1.21. The van der Waals surface area contributed by atoms with Crippen LogP contribution in [0.15, 0.2) is 0 Å². The molecule has 0 aliphatic carbocycles. The van der Waals surface area contributed by atoms with Crippen molar-refractivity contribution in [1.82, 2.24) is 0 Å². The van der Waals surface area contributed by atoms with Crippen molar-refractivity contribution in [2.24, 2.45) is 5.73 Å². The molecule has 0 aliphatic heterocycles. The molecule has 0 aromatic heterocycles. The summed E-state index contributed by atoms with van der Waals surface area (Å²) in [5, 5.41) is 28.8. The van der Waals surface area contributed by atoms with Gasteiger partial charge in [-0.1, -0.05) is 0 Å². The number of nitrogens with two attached hydrogens (primary N) is 1. The molecule has 16 heavy (non-hydrogen) atoms. The van der Waals surface area contributed by atoms with Crippen molar-refractivity contribution in [3.8, 4) is 0 Å². The van der Waals surface area contributed by atoms with Gasteiger partial charge in [0.05, 0.1) is 5.97 Å². The number of carbonyl (C=O) groups is 4. The molecule has 8 nitrogen and oxygen atoms in total. The highest BCUT2D eigenvalue weighted by Gasteiger charge is 2.01. The van der Waals surface area contributed by atoms with Crippen molar-refractivity contribution < 1.29 is 34.5 Å². The number of carboxylic acid groups (broad SMARTS) is 3. The summed E-state index contributed by atoms with van der Waals surface area (Å²) in [5.74, 6) is -5.32. The van der Waals surface area contributed by atoms with Gasteiger partial charge in [-0.15, -0.1) is 0 Å². The van der Waals surface area contributed by atoms with Gasteiger partial charge in [0.1, 0.15) is 5.97 Å². The molecule has 0 rings (SSSR count). The third-order valence-electron chi connectivity index (χ3n) is 1.25. The Morgan fingerprint density at radius 1 is 1.12 bits per heavy atom. The Kier molecular flexibility index (Phi) is 8.60. The Hall–Kier alpha value is -1.96. The number of hydrogen-bond donors (Lipinski definition) is 1. The van der Waals surface area contributed by atoms with Gasteiger partial charge in [0.2, 0.25) is 0 Å². The molecule has 0 aromatic rings. The average Bonchev–Trinajstić information content (AvgIpc) is 2.14. The van der Waals surface area contributed by atoms with E-state index in [-0.39, 0.29) is 12.8 Å². The largest absolute Gasteiger partial charge is 0.550 e. The molecule has 0 bridgehead atoms. The standard InChI is InChI=1S/C5H9NO4.C3H4O3/c6-3(5(9)10)1-2-4(7)8;1-2(4)3(5)6/h3H,1-2,6H2,(H,7,8)(H,9,10);1H3,(H,5,6)/p-3. The molecule has 0 aromatic carbocycles. The highest BCUT2D eigenvalue weighted by molar-refractivity contribution is 6.30. The minimum absolute atomic E-state index is 0.148. The number of carbonyl (C=O) groups excluding carboxylic acids is 4. The molecule has 0 saturated heterocycles. The normalized spacial score (nSPS) is 10.6. The minimum atomic E-state index is -1.63. The molecular formula is C8H10NO7-3. The fraction of sp³-hybridized carbons (Fsp3) is 0.500. The van der Waals surface area contributed by atoms with Crippen molar-refractivity contribution in [2.45, 2.75) is 25.8 Å². The first-order valence-electron chi connectivity index (χ1n) is 4.06. The van der Waals surface area contributed by atoms with Crippen molar-refractivity contribution in [1.29, 1.82) is 0 Å². The van der Waals surface area contributed by atoms with E-state index in [0.717, 1.165) is 6.92 Å². The fourth-order valence-electron chi connectivity index (χ4n) is 0.391. The van der Waals surface area contributed by atoms with Gasteiger partial charge in [0.25, 0.3) is 0 Å². The number of carboxylic acids is 3. The number of hydrogen-bond acceptors (Lipinski definition) is 8. The topological polar surface area (TPSA) is 163 Å². The fourth-order valence-corrected chi connectivity index (χ4v) is 0.391. The third kappa shape index (κ3) is 12.0. The lowest BCUT2D eigenvalue weighted by Gasteiger charge is -2.11. The Labute approximate surface area is 90.7 Å². The highest BCUT2D eigenvalue weighted by Crippen LogP contribution is 1.90. The van der Waals surface area contributed by atoms with Crippen LogP contribution >= 0.6 is 0 Å². The predicted molar refractivity (Wildman–Crippen MR) is 42.9 cm³/mol. The Bertz CT molecular complexity index is 274. The summed E-state index contributed by atoms with van der Waals surface area (Å²) in [4.78, 5) is 38.3. The zero-order valence-electron chi connectivity index (χ0n) is 8.43. The quantitative estimate of drug-likeness (QED) is 0.460. The predicted octanol–water partition coefficient (Wildman–Crippen LogP) is -5.08. The maximum absolute atomic E-state index is 9.86. The van der Waals surface area contributed by atoms with Crippen molar-refractivity contribution in [3.63, 3.8) is 0 Å². The van der Waals surface area contributed by atoms with Gasteiger partial charge in [-0.2, -0.15) is 0 Å². The molecule has 0 aliphatic rings. The molecule has 8 heteroatoms. The molecule has 0 saturated carbocycles. The Morgan fingerprint density at radius 3 is 1.69 bits per heavy atom. The van der Waals surface area contributed by atoms with Crippen molar-refractivity contribution >= 4 is 23.7 Å². The average molecular weight is 232 g/mol. The number of aliphatic carboxylic acids is 3. The smallest absolute Gasteiger partial charge is 0.175 e. The van der Waals surface area contributed by atoms with Crippen LogP contribution in [0.2, 0.25) is 0 Å². The maximum atomic E-state index is 9.86. The van der Waals surface area contributed by atoms with E-state index in [1.807, 2.05) is 0 Å². The van der Waals surface area contributed by atoms with E-state index >= 15 is 0 Å². The summed E-state index contributed by atoms with van der Waals surface area (Å²) in [6.07, 6.45) is -0.500. The van der Waals surface area contributed by atoms with Crippen LogP contribution < -0.4 is 21.1 Å². The zero-order valence-corrected chi connectivity index (χ0v) is 8.43. The van der Waals surface area contributed by atoms with Crippen molar-refractivity contribution in [2.75, 3.05) is 0 Å². The maximum Gasteiger partial charge on any atom is 0.175 e. The van der Waals surface area contributed by atoms with Gasteiger partial charge in [-0.3, -0.25) is 4.79 Å². The second-order valence-corrected chi connectivity index (χ2v) is 2.68. The van der Waals surface area contributed by atoms with Gasteiger partial charge in [0.15, 0.2) is 5.78 Å². The van der Waals surface area contributed by atoms with E-state index in [2.05, 4.69) is 0 Å². The third-order valence-corrected chi connectivity index (χ3v) is 1.25. The van der Waals surface area contributed by atoms with E-state index in [0.29, 0.717) is 0 Å². The van der Waals surface area contributed by atoms with Gasteiger partial charge >= 0.3 is 0 Å². The summed E-state index contributed by atoms with van der Waals surface area (Å²) < 4.78 is 0. The molecule has 1 unspecified atom stereocenters. The molecular weight excluding hydrogens is 222 g/mol. The first-order valence-corrected chi connectivity index (χ1v) is 4.06. The second-order valence-electron chi connectivity index (χ2n) is 2.68. The van der Waals surface area contributed by atoms with Crippen LogP contribution in [0.1, 0.15) is 19.8 Å². The number of rotatable bonds is 5. The molecule has 0 radical (unpaired) electrons. The van der Waals surface area contributed by atoms with Crippen molar-refractivity contribution in [3.05, 3.63) is 0 Å². The van der Waals surface area contributed by atoms with Crippen LogP contribution in [0.4, 0.5) is 0 Å². The number of Topliss-reactive ketones (excluding diaryl/α,β-unsaturated/α-hetero) is 1. The molecule has 1 atom stereocenters. The molecule has 0 amide bonds. The summed E-state index contributed by atoms with van der Waals surface area (Å²) >= 11 is 0. The van der Waals surface area contributed by atoms with Crippen LogP contribution in [-0.4, -0.2) is 29.7 Å². The molecule has 0 fully saturated rings. The Balaban J connectivity index is 0. The van der Waals surface area contributed by atoms with E-state index in [1.165, 1.54) is 0 Å². The lowest BCUT2D eigenvalue weighted by molar-refractivity contribution is -0.309. The molecule has 0 spiro atoms. The van der Waals surface area contributed by atoms with Gasteiger partial charge in [-0.05, 0) is 12.8 Å². The molecule has 92 valence electrons. The Morgan fingerprint density at radius 2 is 1.50 bits per heavy atom. The van der Waals surface area contributed by atoms with Crippen LogP contribution in [0, 0.1) is 0 Å². The van der Waals surface area contributed by atoms with Crippen LogP contribution in [-0.2, 0) is 19.2 Å². The first kappa shape index (κ1) is 16.5. The lowest BCUT2D eigenvalue weighted by Crippen LogP contribution is -2.42.